The van der Waals surface area contributed by atoms with E-state index in [2.05, 4.69) is 21.6 Å². The van der Waals surface area contributed by atoms with E-state index >= 15 is 4.39 Å². The van der Waals surface area contributed by atoms with Crippen LogP contribution >= 0.6 is 23.4 Å². The Kier molecular flexibility index (Phi) is 9.53. The van der Waals surface area contributed by atoms with Crippen molar-refractivity contribution in [3.8, 4) is 5.75 Å². The molecule has 1 N–H and O–H groups in total. The third-order valence-corrected chi connectivity index (χ3v) is 9.31. The zero-order valence-corrected chi connectivity index (χ0v) is 22.0. The largest absolute Gasteiger partial charge is 0.497 e. The second-order valence-electron chi connectivity index (χ2n) is 9.87. The maximum absolute atomic E-state index is 15.6. The molecule has 1 aliphatic carbocycles. The van der Waals surface area contributed by atoms with Gasteiger partial charge in [0.25, 0.3) is 0 Å². The number of benzene rings is 1. The standard InChI is InChI=1S/C27H36ClFN2O3S/c1-34-19-8-10-25-21(15-19)26(23(28)16-30-25)24(29)9-7-18-11-12-31(17-22(18)27(32)33)13-14-35-20-5-3-2-4-6-20/h8,10,15-16,18,20,22,24H,2-7,9,11-14,17H2,1H3,(H,32,33)/t18-,22+,24-/m0/s1. The number of aromatic nitrogens is 1. The van der Waals surface area contributed by atoms with Crippen molar-refractivity contribution in [3.05, 3.63) is 35.0 Å². The van der Waals surface area contributed by atoms with Crippen LogP contribution in [0.2, 0.25) is 5.02 Å². The monoisotopic (exact) mass is 522 g/mol. The molecule has 3 atom stereocenters. The zero-order chi connectivity index (χ0) is 24.8. The van der Waals surface area contributed by atoms with Gasteiger partial charge in [0, 0.05) is 41.2 Å². The van der Waals surface area contributed by atoms with Gasteiger partial charge < -0.3 is 14.7 Å². The first kappa shape index (κ1) is 26.5. The van der Waals surface area contributed by atoms with Gasteiger partial charge in [-0.1, -0.05) is 30.9 Å². The van der Waals surface area contributed by atoms with Crippen LogP contribution in [0.1, 0.15) is 63.1 Å². The molecule has 2 heterocycles. The summed E-state index contributed by atoms with van der Waals surface area (Å²) in [4.78, 5) is 18.7. The summed E-state index contributed by atoms with van der Waals surface area (Å²) in [6.45, 7) is 2.37. The molecule has 5 nitrogen and oxygen atoms in total. The van der Waals surface area contributed by atoms with Gasteiger partial charge in [-0.2, -0.15) is 11.8 Å². The molecule has 8 heteroatoms. The molecular weight excluding hydrogens is 487 g/mol. The predicted molar refractivity (Wildman–Crippen MR) is 141 cm³/mol. The fourth-order valence-electron chi connectivity index (χ4n) is 5.59. The summed E-state index contributed by atoms with van der Waals surface area (Å²) in [5.41, 5.74) is 1.08. The van der Waals surface area contributed by atoms with Crippen LogP contribution in [0.3, 0.4) is 0 Å². The molecule has 0 radical (unpaired) electrons. The van der Waals surface area contributed by atoms with Gasteiger partial charge in [0.05, 0.1) is 23.6 Å². The number of nitrogens with zero attached hydrogens (tertiary/aromatic N) is 2. The van der Waals surface area contributed by atoms with Gasteiger partial charge in [0.2, 0.25) is 0 Å². The van der Waals surface area contributed by atoms with Crippen molar-refractivity contribution in [3.63, 3.8) is 0 Å². The number of aliphatic carboxylic acids is 1. The fourth-order valence-corrected chi connectivity index (χ4v) is 7.23. The molecule has 1 aromatic heterocycles. The molecule has 1 aliphatic heterocycles. The number of hydrogen-bond acceptors (Lipinski definition) is 5. The molecule has 1 saturated heterocycles. The molecule has 2 aromatic rings. The molecule has 0 bridgehead atoms. The van der Waals surface area contributed by atoms with Crippen LogP contribution < -0.4 is 4.74 Å². The molecule has 0 amide bonds. The Labute approximate surface area is 216 Å². The molecule has 0 unspecified atom stereocenters. The maximum atomic E-state index is 15.6. The number of fused-ring (bicyclic) bond motifs is 1. The summed E-state index contributed by atoms with van der Waals surface area (Å²) in [5.74, 6) is 0.419. The quantitative estimate of drug-likeness (QED) is 0.371. The van der Waals surface area contributed by atoms with E-state index in [1.807, 2.05) is 0 Å². The third-order valence-electron chi connectivity index (χ3n) is 7.64. The van der Waals surface area contributed by atoms with Gasteiger partial charge in [-0.05, 0) is 62.8 Å². The number of carbonyl (C=O) groups is 1. The number of ether oxygens (including phenoxy) is 1. The minimum atomic E-state index is -1.29. The van der Waals surface area contributed by atoms with Crippen molar-refractivity contribution in [2.24, 2.45) is 11.8 Å². The van der Waals surface area contributed by atoms with Crippen LogP contribution in [0.4, 0.5) is 4.39 Å². The van der Waals surface area contributed by atoms with E-state index in [1.165, 1.54) is 38.3 Å². The van der Waals surface area contributed by atoms with E-state index in [0.717, 1.165) is 30.5 Å². The first-order valence-corrected chi connectivity index (χ1v) is 14.2. The topological polar surface area (TPSA) is 62.7 Å². The van der Waals surface area contributed by atoms with Gasteiger partial charge in [-0.25, -0.2) is 4.39 Å². The van der Waals surface area contributed by atoms with E-state index in [4.69, 9.17) is 16.3 Å². The van der Waals surface area contributed by atoms with E-state index in [0.29, 0.717) is 40.2 Å². The minimum Gasteiger partial charge on any atom is -0.497 e. The molecule has 35 heavy (non-hydrogen) atoms. The number of methoxy groups -OCH3 is 1. The number of rotatable bonds is 10. The summed E-state index contributed by atoms with van der Waals surface area (Å²) >= 11 is 8.42. The van der Waals surface area contributed by atoms with Gasteiger partial charge >= 0.3 is 5.97 Å². The van der Waals surface area contributed by atoms with Gasteiger partial charge in [-0.3, -0.25) is 9.78 Å². The minimum absolute atomic E-state index is 0.0330. The summed E-state index contributed by atoms with van der Waals surface area (Å²) in [7, 11) is 1.57. The van der Waals surface area contributed by atoms with Crippen LogP contribution in [0.15, 0.2) is 24.4 Å². The number of alkyl halides is 1. The number of carboxylic acid groups (broad SMARTS) is 1. The van der Waals surface area contributed by atoms with Gasteiger partial charge in [0.1, 0.15) is 11.9 Å². The second kappa shape index (κ2) is 12.6. The Morgan fingerprint density at radius 1 is 1.31 bits per heavy atom. The fraction of sp³-hybridized carbons (Fsp3) is 0.630. The Morgan fingerprint density at radius 3 is 2.86 bits per heavy atom. The first-order chi connectivity index (χ1) is 17.0. The first-order valence-electron chi connectivity index (χ1n) is 12.8. The number of carboxylic acids is 1. The lowest BCUT2D eigenvalue weighted by molar-refractivity contribution is -0.146. The molecule has 1 saturated carbocycles. The number of likely N-dealkylation sites (tertiary alicyclic amines) is 1. The third kappa shape index (κ3) is 6.80. The summed E-state index contributed by atoms with van der Waals surface area (Å²) in [5, 5.41) is 11.6. The average Bonchev–Trinajstić information content (AvgIpc) is 2.87. The number of thioether (sulfide) groups is 1. The average molecular weight is 523 g/mol. The maximum Gasteiger partial charge on any atom is 0.308 e. The van der Waals surface area contributed by atoms with Crippen molar-refractivity contribution in [2.45, 2.75) is 62.8 Å². The van der Waals surface area contributed by atoms with E-state index in [9.17, 15) is 9.90 Å². The van der Waals surface area contributed by atoms with Crippen LogP contribution in [0, 0.1) is 11.8 Å². The summed E-state index contributed by atoms with van der Waals surface area (Å²) < 4.78 is 20.9. The normalized spacial score (nSPS) is 22.8. The van der Waals surface area contributed by atoms with Crippen molar-refractivity contribution >= 4 is 40.2 Å². The lowest BCUT2D eigenvalue weighted by Gasteiger charge is -2.37. The smallest absolute Gasteiger partial charge is 0.308 e. The van der Waals surface area contributed by atoms with Crippen LogP contribution in [-0.4, -0.2) is 58.7 Å². The highest BCUT2D eigenvalue weighted by Gasteiger charge is 2.34. The van der Waals surface area contributed by atoms with Crippen molar-refractivity contribution in [1.82, 2.24) is 9.88 Å². The number of halogens is 2. The lowest BCUT2D eigenvalue weighted by atomic mass is 9.81. The molecule has 192 valence electrons. The number of hydrogen-bond donors (Lipinski definition) is 1. The van der Waals surface area contributed by atoms with Crippen LogP contribution in [-0.2, 0) is 4.79 Å². The molecule has 4 rings (SSSR count). The predicted octanol–water partition coefficient (Wildman–Crippen LogP) is 6.78. The van der Waals surface area contributed by atoms with Crippen molar-refractivity contribution < 1.29 is 19.0 Å². The second-order valence-corrected chi connectivity index (χ2v) is 11.7. The highest BCUT2D eigenvalue weighted by Crippen LogP contribution is 2.39. The molecule has 0 spiro atoms. The van der Waals surface area contributed by atoms with Crippen molar-refractivity contribution in [2.75, 3.05) is 32.5 Å². The Balaban J connectivity index is 1.34. The zero-order valence-electron chi connectivity index (χ0n) is 20.4. The van der Waals surface area contributed by atoms with Gasteiger partial charge in [-0.15, -0.1) is 0 Å². The highest BCUT2D eigenvalue weighted by atomic mass is 35.5. The molecular formula is C27H36ClFN2O3S. The van der Waals surface area contributed by atoms with E-state index in [1.54, 1.807) is 25.3 Å². The Hall–Kier alpha value is -1.57. The Morgan fingerprint density at radius 2 is 2.11 bits per heavy atom. The summed E-state index contributed by atoms with van der Waals surface area (Å²) in [6, 6.07) is 5.35. The molecule has 2 aliphatic rings. The van der Waals surface area contributed by atoms with Crippen LogP contribution in [0.25, 0.3) is 10.9 Å². The Bertz CT molecular complexity index is 1000. The molecule has 1 aromatic carbocycles. The molecule has 2 fully saturated rings. The van der Waals surface area contributed by atoms with Gasteiger partial charge in [0.15, 0.2) is 0 Å². The van der Waals surface area contributed by atoms with Crippen LogP contribution in [0.5, 0.6) is 5.75 Å². The van der Waals surface area contributed by atoms with E-state index in [-0.39, 0.29) is 12.3 Å². The van der Waals surface area contributed by atoms with Crippen molar-refractivity contribution in [1.29, 1.82) is 0 Å². The SMILES string of the molecule is COc1ccc2ncc(Cl)c([C@@H](F)CC[C@H]3CCN(CCSC4CCCCC4)C[C@H]3C(=O)O)c2c1. The number of piperidine rings is 1. The number of pyridine rings is 1. The lowest BCUT2D eigenvalue weighted by Crippen LogP contribution is -2.44. The highest BCUT2D eigenvalue weighted by molar-refractivity contribution is 7.99. The van der Waals surface area contributed by atoms with E-state index < -0.39 is 18.1 Å². The summed E-state index contributed by atoms with van der Waals surface area (Å²) in [6.07, 6.45) is 8.42.